The van der Waals surface area contributed by atoms with E-state index in [2.05, 4.69) is 5.32 Å². The van der Waals surface area contributed by atoms with Crippen LogP contribution in [0.1, 0.15) is 32.3 Å². The van der Waals surface area contributed by atoms with Gasteiger partial charge in [0, 0.05) is 0 Å². The molecule has 88 valence electrons. The summed E-state index contributed by atoms with van der Waals surface area (Å²) in [6.45, 7) is 3.59. The zero-order valence-corrected chi connectivity index (χ0v) is 10.0. The zero-order chi connectivity index (χ0) is 12.2. The third-order valence-corrected chi connectivity index (χ3v) is 2.99. The van der Waals surface area contributed by atoms with Crippen LogP contribution in [-0.2, 0) is 10.3 Å². The van der Waals surface area contributed by atoms with Crippen LogP contribution in [0.2, 0.25) is 0 Å². The molecule has 0 amide bonds. The minimum atomic E-state index is -0.678. The molecule has 1 rings (SSSR count). The Morgan fingerprint density at radius 2 is 1.94 bits per heavy atom. The van der Waals surface area contributed by atoms with Crippen LogP contribution in [0.3, 0.4) is 0 Å². The lowest BCUT2D eigenvalue weighted by molar-refractivity contribution is -0.123. The van der Waals surface area contributed by atoms with E-state index in [1.54, 1.807) is 26.1 Å². The fourth-order valence-corrected chi connectivity index (χ4v) is 2.08. The lowest BCUT2D eigenvalue weighted by Gasteiger charge is -2.31. The SMILES string of the molecule is CCC[C@@](NC)(C(C)=O)c1ccc(F)cc1. The summed E-state index contributed by atoms with van der Waals surface area (Å²) in [6.07, 6.45) is 1.60. The van der Waals surface area contributed by atoms with Crippen LogP contribution < -0.4 is 5.32 Å². The van der Waals surface area contributed by atoms with E-state index >= 15 is 0 Å². The molecule has 0 fully saturated rings. The van der Waals surface area contributed by atoms with Crippen molar-refractivity contribution < 1.29 is 9.18 Å². The van der Waals surface area contributed by atoms with Crippen molar-refractivity contribution in [2.75, 3.05) is 7.05 Å². The van der Waals surface area contributed by atoms with E-state index in [9.17, 15) is 9.18 Å². The first-order chi connectivity index (χ1) is 7.56. The lowest BCUT2D eigenvalue weighted by atomic mass is 9.82. The Morgan fingerprint density at radius 3 is 2.31 bits per heavy atom. The summed E-state index contributed by atoms with van der Waals surface area (Å²) in [5, 5.41) is 3.08. The molecule has 0 radical (unpaired) electrons. The van der Waals surface area contributed by atoms with Crippen molar-refractivity contribution in [2.24, 2.45) is 0 Å². The number of benzene rings is 1. The Labute approximate surface area is 95.9 Å². The van der Waals surface area contributed by atoms with Gasteiger partial charge in [-0.3, -0.25) is 4.79 Å². The van der Waals surface area contributed by atoms with Crippen molar-refractivity contribution in [1.29, 1.82) is 0 Å². The molecule has 0 unspecified atom stereocenters. The van der Waals surface area contributed by atoms with Gasteiger partial charge in [-0.15, -0.1) is 0 Å². The summed E-state index contributed by atoms with van der Waals surface area (Å²) >= 11 is 0. The van der Waals surface area contributed by atoms with E-state index in [0.29, 0.717) is 6.42 Å². The Morgan fingerprint density at radius 1 is 1.38 bits per heavy atom. The van der Waals surface area contributed by atoms with Crippen LogP contribution >= 0.6 is 0 Å². The second-order valence-corrected chi connectivity index (χ2v) is 3.97. The fourth-order valence-electron chi connectivity index (χ4n) is 2.08. The molecule has 0 aliphatic carbocycles. The second kappa shape index (κ2) is 5.21. The van der Waals surface area contributed by atoms with Crippen molar-refractivity contribution in [3.63, 3.8) is 0 Å². The van der Waals surface area contributed by atoms with E-state index in [4.69, 9.17) is 0 Å². The van der Waals surface area contributed by atoms with Gasteiger partial charge in [0.05, 0.1) is 0 Å². The number of likely N-dealkylation sites (N-methyl/N-ethyl adjacent to an activating group) is 1. The van der Waals surface area contributed by atoms with Gasteiger partial charge in [0.25, 0.3) is 0 Å². The first kappa shape index (κ1) is 12.8. The van der Waals surface area contributed by atoms with Crippen molar-refractivity contribution in [3.8, 4) is 0 Å². The standard InChI is InChI=1S/C13H18FNO/c1-4-9-13(15-3,10(2)16)11-5-7-12(14)8-6-11/h5-8,15H,4,9H2,1-3H3/t13-/m1/s1. The van der Waals surface area contributed by atoms with Crippen LogP contribution in [0.25, 0.3) is 0 Å². The van der Waals surface area contributed by atoms with Crippen molar-refractivity contribution in [1.82, 2.24) is 5.32 Å². The predicted octanol–water partition coefficient (Wildman–Crippen LogP) is 2.63. The minimum absolute atomic E-state index is 0.0588. The van der Waals surface area contributed by atoms with Gasteiger partial charge in [0.1, 0.15) is 11.4 Å². The molecule has 0 aromatic heterocycles. The van der Waals surface area contributed by atoms with E-state index in [-0.39, 0.29) is 11.6 Å². The highest BCUT2D eigenvalue weighted by atomic mass is 19.1. The van der Waals surface area contributed by atoms with E-state index in [1.807, 2.05) is 6.92 Å². The first-order valence-corrected chi connectivity index (χ1v) is 5.53. The molecular weight excluding hydrogens is 205 g/mol. The van der Waals surface area contributed by atoms with Crippen LogP contribution in [-0.4, -0.2) is 12.8 Å². The lowest BCUT2D eigenvalue weighted by Crippen LogP contribution is -2.46. The third kappa shape index (κ3) is 2.30. The molecule has 1 atom stereocenters. The normalized spacial score (nSPS) is 14.5. The summed E-state index contributed by atoms with van der Waals surface area (Å²) in [6, 6.07) is 6.12. The molecule has 0 spiro atoms. The first-order valence-electron chi connectivity index (χ1n) is 5.53. The number of carbonyl (C=O) groups excluding carboxylic acids is 1. The maximum Gasteiger partial charge on any atom is 0.154 e. The number of nitrogens with one attached hydrogen (secondary N) is 1. The molecule has 1 aromatic rings. The van der Waals surface area contributed by atoms with Crippen molar-refractivity contribution >= 4 is 5.78 Å². The van der Waals surface area contributed by atoms with Gasteiger partial charge in [-0.2, -0.15) is 0 Å². The van der Waals surface area contributed by atoms with Gasteiger partial charge in [0.15, 0.2) is 5.78 Å². The molecule has 1 N–H and O–H groups in total. The summed E-state index contributed by atoms with van der Waals surface area (Å²) < 4.78 is 12.9. The largest absolute Gasteiger partial charge is 0.304 e. The molecule has 0 saturated carbocycles. The molecule has 1 aromatic carbocycles. The van der Waals surface area contributed by atoms with Gasteiger partial charge < -0.3 is 5.32 Å². The fraction of sp³-hybridized carbons (Fsp3) is 0.462. The number of hydrogen-bond donors (Lipinski definition) is 1. The Bertz CT molecular complexity index is 361. The summed E-state index contributed by atoms with van der Waals surface area (Å²) in [5.41, 5.74) is 0.147. The average Bonchev–Trinajstić information content (AvgIpc) is 2.27. The van der Waals surface area contributed by atoms with E-state index < -0.39 is 5.54 Å². The number of ketones is 1. The molecule has 0 aliphatic heterocycles. The molecule has 0 saturated heterocycles. The predicted molar refractivity (Wildman–Crippen MR) is 62.7 cm³/mol. The van der Waals surface area contributed by atoms with Crippen LogP contribution in [0.5, 0.6) is 0 Å². The topological polar surface area (TPSA) is 29.1 Å². The van der Waals surface area contributed by atoms with Crippen LogP contribution in [0.15, 0.2) is 24.3 Å². The van der Waals surface area contributed by atoms with Gasteiger partial charge in [0.2, 0.25) is 0 Å². The number of halogens is 1. The Kier molecular flexibility index (Phi) is 4.19. The molecule has 16 heavy (non-hydrogen) atoms. The van der Waals surface area contributed by atoms with Gasteiger partial charge in [-0.1, -0.05) is 25.5 Å². The smallest absolute Gasteiger partial charge is 0.154 e. The molecule has 0 aliphatic rings. The third-order valence-electron chi connectivity index (χ3n) is 2.99. The highest BCUT2D eigenvalue weighted by molar-refractivity contribution is 5.87. The maximum atomic E-state index is 12.9. The van der Waals surface area contributed by atoms with Crippen molar-refractivity contribution in [3.05, 3.63) is 35.6 Å². The minimum Gasteiger partial charge on any atom is -0.304 e. The molecule has 3 heteroatoms. The molecule has 0 bridgehead atoms. The number of Topliss-reactive ketones (excluding diaryl/α,β-unsaturated/α-hetero) is 1. The number of rotatable bonds is 5. The summed E-state index contributed by atoms with van der Waals surface area (Å²) in [7, 11) is 1.76. The molecular formula is C13H18FNO. The average molecular weight is 223 g/mol. The molecule has 0 heterocycles. The number of carbonyl (C=O) groups is 1. The molecule has 2 nitrogen and oxygen atoms in total. The highest BCUT2D eigenvalue weighted by Gasteiger charge is 2.34. The highest BCUT2D eigenvalue weighted by Crippen LogP contribution is 2.27. The van der Waals surface area contributed by atoms with Crippen LogP contribution in [0.4, 0.5) is 4.39 Å². The monoisotopic (exact) mass is 223 g/mol. The second-order valence-electron chi connectivity index (χ2n) is 3.97. The van der Waals surface area contributed by atoms with E-state index in [1.165, 1.54) is 12.1 Å². The quantitative estimate of drug-likeness (QED) is 0.831. The number of hydrogen-bond acceptors (Lipinski definition) is 2. The Hall–Kier alpha value is -1.22. The van der Waals surface area contributed by atoms with Gasteiger partial charge in [-0.05, 0) is 38.1 Å². The van der Waals surface area contributed by atoms with Crippen molar-refractivity contribution in [2.45, 2.75) is 32.2 Å². The summed E-state index contributed by atoms with van der Waals surface area (Å²) in [5.74, 6) is -0.225. The van der Waals surface area contributed by atoms with Crippen LogP contribution in [0, 0.1) is 5.82 Å². The Balaban J connectivity index is 3.18. The maximum absolute atomic E-state index is 12.9. The van der Waals surface area contributed by atoms with E-state index in [0.717, 1.165) is 12.0 Å². The summed E-state index contributed by atoms with van der Waals surface area (Å²) in [4.78, 5) is 11.8. The zero-order valence-electron chi connectivity index (χ0n) is 10.0. The van der Waals surface area contributed by atoms with Gasteiger partial charge in [-0.25, -0.2) is 4.39 Å². The van der Waals surface area contributed by atoms with Gasteiger partial charge >= 0.3 is 0 Å².